The van der Waals surface area contributed by atoms with E-state index in [9.17, 15) is 5.26 Å². The molecular formula is C24H27N7O. The van der Waals surface area contributed by atoms with Crippen molar-refractivity contribution in [1.82, 2.24) is 14.5 Å². The first kappa shape index (κ1) is 20.5. The number of nitriles is 1. The maximum Gasteiger partial charge on any atom is 0.164 e. The number of aromatic nitrogens is 3. The Balaban J connectivity index is 1.51. The minimum absolute atomic E-state index is 0.280. The molecule has 0 radical (unpaired) electrons. The van der Waals surface area contributed by atoms with E-state index in [1.807, 2.05) is 30.0 Å². The monoisotopic (exact) mass is 429 g/mol. The van der Waals surface area contributed by atoms with Gasteiger partial charge in [0.05, 0.1) is 42.4 Å². The van der Waals surface area contributed by atoms with Crippen molar-refractivity contribution in [3.05, 3.63) is 47.8 Å². The molecule has 0 spiro atoms. The molecule has 3 heterocycles. The van der Waals surface area contributed by atoms with Crippen molar-refractivity contribution in [2.45, 2.75) is 33.2 Å². The van der Waals surface area contributed by atoms with Gasteiger partial charge in [-0.1, -0.05) is 29.8 Å². The molecular weight excluding hydrogens is 402 g/mol. The Bertz CT molecular complexity index is 1210. The minimum Gasteiger partial charge on any atom is -0.378 e. The largest absolute Gasteiger partial charge is 0.378 e. The van der Waals surface area contributed by atoms with E-state index >= 15 is 0 Å². The lowest BCUT2D eigenvalue weighted by molar-refractivity contribution is 0.123. The summed E-state index contributed by atoms with van der Waals surface area (Å²) < 4.78 is 7.55. The van der Waals surface area contributed by atoms with Gasteiger partial charge >= 0.3 is 0 Å². The highest BCUT2D eigenvalue weighted by Gasteiger charge is 2.43. The van der Waals surface area contributed by atoms with Crippen LogP contribution in [0.15, 0.2) is 41.8 Å². The van der Waals surface area contributed by atoms with Gasteiger partial charge in [0.15, 0.2) is 11.5 Å². The summed E-state index contributed by atoms with van der Waals surface area (Å²) in [6, 6.07) is 12.7. The number of nitrogens with zero attached hydrogens (tertiary/aromatic N) is 6. The van der Waals surface area contributed by atoms with Crippen LogP contribution < -0.4 is 10.3 Å². The van der Waals surface area contributed by atoms with Crippen LogP contribution in [0.25, 0.3) is 11.2 Å². The third-order valence-corrected chi connectivity index (χ3v) is 6.24. The Morgan fingerprint density at radius 3 is 2.81 bits per heavy atom. The average Bonchev–Trinajstić information content (AvgIpc) is 3.49. The lowest BCUT2D eigenvalue weighted by Crippen LogP contribution is -2.36. The third-order valence-electron chi connectivity index (χ3n) is 6.24. The van der Waals surface area contributed by atoms with Gasteiger partial charge in [0.1, 0.15) is 5.52 Å². The summed E-state index contributed by atoms with van der Waals surface area (Å²) in [4.78, 5) is 11.8. The van der Waals surface area contributed by atoms with E-state index in [4.69, 9.17) is 9.72 Å². The zero-order valence-corrected chi connectivity index (χ0v) is 18.5. The van der Waals surface area contributed by atoms with E-state index < -0.39 is 0 Å². The van der Waals surface area contributed by atoms with Crippen LogP contribution in [0, 0.1) is 23.7 Å². The number of hydrogen-bond donors (Lipinski definition) is 1. The first-order valence-corrected chi connectivity index (χ1v) is 11.0. The number of hydrazone groups is 1. The fraction of sp³-hybridized carbons (Fsp3) is 0.417. The minimum atomic E-state index is -0.280. The molecule has 5 rings (SSSR count). The number of anilines is 2. The van der Waals surface area contributed by atoms with Crippen LogP contribution in [0.4, 0.5) is 11.5 Å². The summed E-state index contributed by atoms with van der Waals surface area (Å²) in [6.07, 6.45) is 3.67. The van der Waals surface area contributed by atoms with Crippen molar-refractivity contribution in [2.24, 2.45) is 10.5 Å². The number of pyridine rings is 1. The smallest absolute Gasteiger partial charge is 0.164 e. The molecule has 1 aliphatic heterocycles. The molecule has 8 heteroatoms. The predicted molar refractivity (Wildman–Crippen MR) is 125 cm³/mol. The number of imidazole rings is 1. The van der Waals surface area contributed by atoms with Gasteiger partial charge in [-0.25, -0.2) is 9.97 Å². The SMILES string of the molecule is C/C(=N\Nc1cc(N2CCOCC2)c2ncn(CC3(C#N)CC3)c2n1)c1cccc(C)c1. The van der Waals surface area contributed by atoms with Crippen LogP contribution in [0.2, 0.25) is 0 Å². The zero-order chi connectivity index (χ0) is 22.1. The maximum absolute atomic E-state index is 9.56. The number of aryl methyl sites for hydroxylation is 1. The van der Waals surface area contributed by atoms with E-state index in [0.29, 0.717) is 25.6 Å². The van der Waals surface area contributed by atoms with Crippen LogP contribution in [0.1, 0.15) is 30.9 Å². The van der Waals surface area contributed by atoms with Crippen LogP contribution in [0.3, 0.4) is 0 Å². The quantitative estimate of drug-likeness (QED) is 0.474. The second-order valence-electron chi connectivity index (χ2n) is 8.74. The van der Waals surface area contributed by atoms with E-state index in [1.54, 1.807) is 0 Å². The Hall–Kier alpha value is -3.44. The van der Waals surface area contributed by atoms with Crippen molar-refractivity contribution in [2.75, 3.05) is 36.6 Å². The number of rotatable bonds is 6. The van der Waals surface area contributed by atoms with Crippen molar-refractivity contribution >= 4 is 28.4 Å². The van der Waals surface area contributed by atoms with Crippen LogP contribution in [-0.4, -0.2) is 46.6 Å². The van der Waals surface area contributed by atoms with Gasteiger partial charge in [-0.3, -0.25) is 5.43 Å². The fourth-order valence-corrected chi connectivity index (χ4v) is 4.09. The highest BCUT2D eigenvalue weighted by atomic mass is 16.5. The van der Waals surface area contributed by atoms with Gasteiger partial charge in [0.2, 0.25) is 0 Å². The molecule has 1 saturated heterocycles. The van der Waals surface area contributed by atoms with Gasteiger partial charge in [-0.05, 0) is 32.3 Å². The van der Waals surface area contributed by atoms with Gasteiger partial charge in [-0.15, -0.1) is 0 Å². The number of nitrogens with one attached hydrogen (secondary N) is 1. The van der Waals surface area contributed by atoms with Gasteiger partial charge in [0.25, 0.3) is 0 Å². The van der Waals surface area contributed by atoms with Gasteiger partial charge in [-0.2, -0.15) is 10.4 Å². The van der Waals surface area contributed by atoms with Crippen molar-refractivity contribution in [3.8, 4) is 6.07 Å². The molecule has 1 saturated carbocycles. The van der Waals surface area contributed by atoms with E-state index in [0.717, 1.165) is 54.1 Å². The van der Waals surface area contributed by atoms with Crippen LogP contribution in [0.5, 0.6) is 0 Å². The number of benzene rings is 1. The van der Waals surface area contributed by atoms with E-state index in [1.165, 1.54) is 5.56 Å². The van der Waals surface area contributed by atoms with Crippen LogP contribution >= 0.6 is 0 Å². The Labute approximate surface area is 187 Å². The molecule has 0 amide bonds. The predicted octanol–water partition coefficient (Wildman–Crippen LogP) is 3.72. The average molecular weight is 430 g/mol. The van der Waals surface area contributed by atoms with Gasteiger partial charge in [0, 0.05) is 25.7 Å². The molecule has 164 valence electrons. The lowest BCUT2D eigenvalue weighted by Gasteiger charge is -2.29. The summed E-state index contributed by atoms with van der Waals surface area (Å²) in [5.41, 5.74) is 8.68. The Morgan fingerprint density at radius 2 is 2.09 bits per heavy atom. The van der Waals surface area contributed by atoms with E-state index in [-0.39, 0.29) is 5.41 Å². The molecule has 3 aromatic rings. The molecule has 1 aliphatic carbocycles. The lowest BCUT2D eigenvalue weighted by atomic mass is 10.1. The Morgan fingerprint density at radius 1 is 1.28 bits per heavy atom. The maximum atomic E-state index is 9.56. The second-order valence-corrected chi connectivity index (χ2v) is 8.74. The highest BCUT2D eigenvalue weighted by molar-refractivity contribution is 5.99. The molecule has 0 unspecified atom stereocenters. The molecule has 2 fully saturated rings. The molecule has 0 bridgehead atoms. The number of fused-ring (bicyclic) bond motifs is 1. The normalized spacial score (nSPS) is 17.9. The summed E-state index contributed by atoms with van der Waals surface area (Å²) in [6.45, 7) is 7.66. The number of ether oxygens (including phenoxy) is 1. The topological polar surface area (TPSA) is 91.4 Å². The highest BCUT2D eigenvalue weighted by Crippen LogP contribution is 2.46. The van der Waals surface area contributed by atoms with Crippen LogP contribution in [-0.2, 0) is 11.3 Å². The summed E-state index contributed by atoms with van der Waals surface area (Å²) in [5, 5.41) is 14.2. The standard InChI is InChI=1S/C24H27N7O/c1-17-4-3-5-19(12-17)18(2)28-29-21-13-20(30-8-10-32-11-9-30)22-23(27-21)31(16-26-22)15-24(14-25)6-7-24/h3-5,12-13,16H,6-11,15H2,1-2H3,(H,27,29)/b28-18+. The second kappa shape index (κ2) is 8.24. The Kier molecular flexibility index (Phi) is 5.27. The number of morpholine rings is 1. The van der Waals surface area contributed by atoms with E-state index in [2.05, 4.69) is 51.6 Å². The van der Waals surface area contributed by atoms with Gasteiger partial charge < -0.3 is 14.2 Å². The fourth-order valence-electron chi connectivity index (χ4n) is 4.09. The number of hydrogen-bond acceptors (Lipinski definition) is 7. The summed E-state index contributed by atoms with van der Waals surface area (Å²) >= 11 is 0. The summed E-state index contributed by atoms with van der Waals surface area (Å²) in [7, 11) is 0. The first-order chi connectivity index (χ1) is 15.6. The first-order valence-electron chi connectivity index (χ1n) is 11.0. The molecule has 1 N–H and O–H groups in total. The molecule has 2 aliphatic rings. The van der Waals surface area contributed by atoms with Crippen molar-refractivity contribution in [3.63, 3.8) is 0 Å². The molecule has 1 aromatic carbocycles. The molecule has 2 aromatic heterocycles. The molecule has 0 atom stereocenters. The van der Waals surface area contributed by atoms with Crippen molar-refractivity contribution < 1.29 is 4.74 Å². The molecule has 32 heavy (non-hydrogen) atoms. The zero-order valence-electron chi connectivity index (χ0n) is 18.5. The van der Waals surface area contributed by atoms with Crippen molar-refractivity contribution in [1.29, 1.82) is 5.26 Å². The third kappa shape index (κ3) is 4.04. The molecule has 8 nitrogen and oxygen atoms in total. The summed E-state index contributed by atoms with van der Waals surface area (Å²) in [5.74, 6) is 0.662.